The molecule has 0 unspecified atom stereocenters. The van der Waals surface area contributed by atoms with Crippen LogP contribution in [0.25, 0.3) is 10.9 Å². The Balaban J connectivity index is 2.11. The number of aromatic nitrogens is 1. The molecule has 4 nitrogen and oxygen atoms in total. The van der Waals surface area contributed by atoms with Gasteiger partial charge in [0.05, 0.1) is 12.1 Å². The van der Waals surface area contributed by atoms with Gasteiger partial charge in [0.2, 0.25) is 0 Å². The Labute approximate surface area is 134 Å². The summed E-state index contributed by atoms with van der Waals surface area (Å²) in [5.41, 5.74) is 2.21. The smallest absolute Gasteiger partial charge is 0.352 e. The highest BCUT2D eigenvalue weighted by Gasteiger charge is 2.17. The number of ether oxygens (including phenoxy) is 1. The molecule has 3 rings (SSSR count). The predicted octanol–water partition coefficient (Wildman–Crippen LogP) is 4.18. The summed E-state index contributed by atoms with van der Waals surface area (Å²) in [6, 6.07) is 17.3. The lowest BCUT2D eigenvalue weighted by atomic mass is 10.2. The zero-order valence-electron chi connectivity index (χ0n) is 13.0. The third-order valence-electron chi connectivity index (χ3n) is 3.77. The summed E-state index contributed by atoms with van der Waals surface area (Å²) < 4.78 is 7.59. The van der Waals surface area contributed by atoms with E-state index in [4.69, 9.17) is 4.74 Å². The lowest BCUT2D eigenvalue weighted by Gasteiger charge is -2.10. The van der Waals surface area contributed by atoms with Gasteiger partial charge in [-0.2, -0.15) is 0 Å². The molecule has 0 aliphatic rings. The summed E-state index contributed by atoms with van der Waals surface area (Å²) in [4.78, 5) is 11.6. The predicted molar refractivity (Wildman–Crippen MR) is 90.2 cm³/mol. The first kappa shape index (κ1) is 15.2. The van der Waals surface area contributed by atoms with Gasteiger partial charge < -0.3 is 14.4 Å². The lowest BCUT2D eigenvalue weighted by molar-refractivity contribution is 0.0686. The Morgan fingerprint density at radius 1 is 1.13 bits per heavy atom. The van der Waals surface area contributed by atoms with E-state index in [-0.39, 0.29) is 5.69 Å². The number of carboxylic acid groups (broad SMARTS) is 1. The van der Waals surface area contributed by atoms with Crippen molar-refractivity contribution in [1.29, 1.82) is 0 Å². The van der Waals surface area contributed by atoms with Crippen molar-refractivity contribution in [2.24, 2.45) is 0 Å². The van der Waals surface area contributed by atoms with E-state index in [9.17, 15) is 9.90 Å². The monoisotopic (exact) mass is 309 g/mol. The summed E-state index contributed by atoms with van der Waals surface area (Å²) in [5.74, 6) is -0.197. The van der Waals surface area contributed by atoms with Gasteiger partial charge in [0, 0.05) is 11.9 Å². The molecule has 0 aliphatic carbocycles. The van der Waals surface area contributed by atoms with E-state index in [0.717, 1.165) is 28.6 Å². The molecule has 0 bridgehead atoms. The molecule has 0 saturated heterocycles. The molecule has 0 fully saturated rings. The van der Waals surface area contributed by atoms with Crippen molar-refractivity contribution in [2.75, 3.05) is 6.61 Å². The summed E-state index contributed by atoms with van der Waals surface area (Å²) in [6.07, 6.45) is 0.910. The van der Waals surface area contributed by atoms with E-state index in [2.05, 4.69) is 0 Å². The van der Waals surface area contributed by atoms with Crippen molar-refractivity contribution in [1.82, 2.24) is 4.57 Å². The number of benzene rings is 2. The topological polar surface area (TPSA) is 51.5 Å². The number of rotatable bonds is 6. The van der Waals surface area contributed by atoms with E-state index in [1.165, 1.54) is 0 Å². The quantitative estimate of drug-likeness (QED) is 0.743. The fourth-order valence-corrected chi connectivity index (χ4v) is 2.71. The second-order valence-corrected chi connectivity index (χ2v) is 5.44. The average Bonchev–Trinajstić information content (AvgIpc) is 2.93. The molecule has 2 aromatic carbocycles. The zero-order valence-corrected chi connectivity index (χ0v) is 13.0. The normalized spacial score (nSPS) is 10.8. The molecule has 1 N–H and O–H groups in total. The molecule has 118 valence electrons. The van der Waals surface area contributed by atoms with Gasteiger partial charge in [0.15, 0.2) is 0 Å². The Morgan fingerprint density at radius 2 is 1.91 bits per heavy atom. The van der Waals surface area contributed by atoms with Gasteiger partial charge in [-0.3, -0.25) is 0 Å². The van der Waals surface area contributed by atoms with Crippen LogP contribution in [0.3, 0.4) is 0 Å². The SMILES string of the molecule is CCCOc1cccc2c1cc(C(=O)O)n2Cc1ccccc1. The molecule has 0 spiro atoms. The number of aromatic carboxylic acids is 1. The largest absolute Gasteiger partial charge is 0.493 e. The second-order valence-electron chi connectivity index (χ2n) is 5.44. The molecule has 0 amide bonds. The van der Waals surface area contributed by atoms with Crippen molar-refractivity contribution in [3.63, 3.8) is 0 Å². The first-order valence-corrected chi connectivity index (χ1v) is 7.73. The van der Waals surface area contributed by atoms with Crippen molar-refractivity contribution in [2.45, 2.75) is 19.9 Å². The van der Waals surface area contributed by atoms with Crippen LogP contribution in [-0.4, -0.2) is 22.2 Å². The van der Waals surface area contributed by atoms with Crippen LogP contribution in [0, 0.1) is 0 Å². The maximum absolute atomic E-state index is 11.6. The zero-order chi connectivity index (χ0) is 16.2. The highest BCUT2D eigenvalue weighted by Crippen LogP contribution is 2.30. The van der Waals surface area contributed by atoms with Gasteiger partial charge in [-0.15, -0.1) is 0 Å². The Hall–Kier alpha value is -2.75. The Bertz CT molecular complexity index is 821. The standard InChI is InChI=1S/C19H19NO3/c1-2-11-23-18-10-6-9-16-15(18)12-17(19(21)22)20(16)13-14-7-4-3-5-8-14/h3-10,12H,2,11,13H2,1H3,(H,21,22). The van der Waals surface area contributed by atoms with Gasteiger partial charge in [0.25, 0.3) is 0 Å². The third-order valence-corrected chi connectivity index (χ3v) is 3.77. The molecule has 0 atom stereocenters. The fourth-order valence-electron chi connectivity index (χ4n) is 2.71. The third kappa shape index (κ3) is 3.06. The van der Waals surface area contributed by atoms with Crippen LogP contribution in [0.4, 0.5) is 0 Å². The minimum Gasteiger partial charge on any atom is -0.493 e. The van der Waals surface area contributed by atoms with Crippen LogP contribution in [0.1, 0.15) is 29.4 Å². The van der Waals surface area contributed by atoms with Gasteiger partial charge in [0.1, 0.15) is 11.4 Å². The van der Waals surface area contributed by atoms with Crippen LogP contribution in [-0.2, 0) is 6.54 Å². The molecule has 0 saturated carbocycles. The van der Waals surface area contributed by atoms with Crippen molar-refractivity contribution >= 4 is 16.9 Å². The molecule has 1 aromatic heterocycles. The molecule has 0 aliphatic heterocycles. The number of hydrogen-bond acceptors (Lipinski definition) is 2. The minimum absolute atomic E-state index is 0.274. The minimum atomic E-state index is -0.932. The van der Waals surface area contributed by atoms with Crippen molar-refractivity contribution in [3.05, 3.63) is 65.9 Å². The first-order chi connectivity index (χ1) is 11.2. The summed E-state index contributed by atoms with van der Waals surface area (Å²) in [7, 11) is 0. The van der Waals surface area contributed by atoms with Crippen LogP contribution < -0.4 is 4.74 Å². The summed E-state index contributed by atoms with van der Waals surface area (Å²) >= 11 is 0. The number of nitrogens with zero attached hydrogens (tertiary/aromatic N) is 1. The summed E-state index contributed by atoms with van der Waals surface area (Å²) in [5, 5.41) is 10.4. The molecule has 0 radical (unpaired) electrons. The van der Waals surface area contributed by atoms with E-state index >= 15 is 0 Å². The van der Waals surface area contributed by atoms with Crippen LogP contribution in [0.2, 0.25) is 0 Å². The molecule has 4 heteroatoms. The molecule has 1 heterocycles. The second kappa shape index (κ2) is 6.57. The van der Waals surface area contributed by atoms with Gasteiger partial charge in [-0.1, -0.05) is 43.3 Å². The van der Waals surface area contributed by atoms with Crippen molar-refractivity contribution < 1.29 is 14.6 Å². The lowest BCUT2D eigenvalue weighted by Crippen LogP contribution is -2.09. The average molecular weight is 309 g/mol. The number of hydrogen-bond donors (Lipinski definition) is 1. The molecule has 3 aromatic rings. The van der Waals surface area contributed by atoms with E-state index in [1.807, 2.05) is 60.0 Å². The molecular formula is C19H19NO3. The van der Waals surface area contributed by atoms with Gasteiger partial charge in [-0.05, 0) is 30.2 Å². The number of fused-ring (bicyclic) bond motifs is 1. The molecular weight excluding hydrogens is 290 g/mol. The van der Waals surface area contributed by atoms with Crippen LogP contribution >= 0.6 is 0 Å². The van der Waals surface area contributed by atoms with Gasteiger partial charge >= 0.3 is 5.97 Å². The van der Waals surface area contributed by atoms with Crippen LogP contribution in [0.15, 0.2) is 54.6 Å². The first-order valence-electron chi connectivity index (χ1n) is 7.73. The van der Waals surface area contributed by atoms with Crippen molar-refractivity contribution in [3.8, 4) is 5.75 Å². The Kier molecular flexibility index (Phi) is 4.33. The molecule has 23 heavy (non-hydrogen) atoms. The highest BCUT2D eigenvalue weighted by atomic mass is 16.5. The van der Waals surface area contributed by atoms with Crippen LogP contribution in [0.5, 0.6) is 5.75 Å². The Morgan fingerprint density at radius 3 is 2.61 bits per heavy atom. The fraction of sp³-hybridized carbons (Fsp3) is 0.211. The maximum atomic E-state index is 11.6. The number of carboxylic acids is 1. The highest BCUT2D eigenvalue weighted by molar-refractivity contribution is 5.97. The summed E-state index contributed by atoms with van der Waals surface area (Å²) in [6.45, 7) is 3.18. The number of carbonyl (C=O) groups is 1. The van der Waals surface area contributed by atoms with E-state index in [1.54, 1.807) is 6.07 Å². The van der Waals surface area contributed by atoms with E-state index in [0.29, 0.717) is 13.2 Å². The van der Waals surface area contributed by atoms with E-state index < -0.39 is 5.97 Å². The maximum Gasteiger partial charge on any atom is 0.352 e. The van der Waals surface area contributed by atoms with Gasteiger partial charge in [-0.25, -0.2) is 4.79 Å².